The summed E-state index contributed by atoms with van der Waals surface area (Å²) in [5.41, 5.74) is 0. The molecule has 0 aromatic heterocycles. The van der Waals surface area contributed by atoms with E-state index in [9.17, 15) is 0 Å². The fourth-order valence-electron chi connectivity index (χ4n) is 3.45. The molecule has 0 N–H and O–H groups in total. The lowest BCUT2D eigenvalue weighted by atomic mass is 10.4. The van der Waals surface area contributed by atoms with Gasteiger partial charge in [0.25, 0.3) is 0 Å². The average Bonchev–Trinajstić information content (AvgIpc) is 2.72. The van der Waals surface area contributed by atoms with E-state index in [1.165, 1.54) is 27.4 Å². The van der Waals surface area contributed by atoms with Gasteiger partial charge < -0.3 is 0 Å². The first-order valence-corrected chi connectivity index (χ1v) is 12.5. The van der Waals surface area contributed by atoms with Crippen LogP contribution in [-0.2, 0) is 0 Å². The molecule has 0 saturated carbocycles. The maximum absolute atomic E-state index is 2.33. The maximum atomic E-state index is 2.33. The van der Waals surface area contributed by atoms with Crippen LogP contribution in [0.1, 0.15) is 0 Å². The van der Waals surface area contributed by atoms with Crippen molar-refractivity contribution in [1.82, 2.24) is 0 Å². The summed E-state index contributed by atoms with van der Waals surface area (Å²) in [6.07, 6.45) is 0. The molecule has 0 nitrogen and oxygen atoms in total. The molecular formula is C22H21PS2. The minimum absolute atomic E-state index is 1.15. The number of thioether (sulfide) groups is 2. The lowest BCUT2D eigenvalue weighted by Gasteiger charge is -2.34. The second-order valence-corrected chi connectivity index (χ2v) is 12.0. The van der Waals surface area contributed by atoms with Gasteiger partial charge in [-0.25, -0.2) is 0 Å². The SMILES string of the molecule is c1ccc(P(=C2CSCCS2)(c2ccccc2)c2ccccc2)cc1. The van der Waals surface area contributed by atoms with Gasteiger partial charge in [0.2, 0.25) is 0 Å². The molecule has 3 heteroatoms. The summed E-state index contributed by atoms with van der Waals surface area (Å²) in [7, 11) is 0. The van der Waals surface area contributed by atoms with Crippen molar-refractivity contribution in [2.24, 2.45) is 0 Å². The Morgan fingerprint density at radius 1 is 0.560 bits per heavy atom. The predicted molar refractivity (Wildman–Crippen MR) is 120 cm³/mol. The minimum atomic E-state index is -1.77. The molecule has 126 valence electrons. The van der Waals surface area contributed by atoms with E-state index < -0.39 is 6.89 Å². The molecule has 1 fully saturated rings. The van der Waals surface area contributed by atoms with Crippen molar-refractivity contribution < 1.29 is 0 Å². The maximum Gasteiger partial charge on any atom is 0.0255 e. The summed E-state index contributed by atoms with van der Waals surface area (Å²) in [6.45, 7) is -1.77. The molecule has 3 aromatic rings. The van der Waals surface area contributed by atoms with Gasteiger partial charge in [0.1, 0.15) is 0 Å². The smallest absolute Gasteiger partial charge is 0.0255 e. The van der Waals surface area contributed by atoms with Crippen molar-refractivity contribution in [2.45, 2.75) is 0 Å². The van der Waals surface area contributed by atoms with E-state index in [0.717, 1.165) is 5.75 Å². The highest BCUT2D eigenvalue weighted by atomic mass is 32.2. The standard InChI is InChI=1S/C22H21PS2/c1-4-10-19(11-5-1)23(20-12-6-2-7-13-20,21-14-8-3-9-15-21)22-18-24-16-17-25-22/h1-15H,16-18H2. The van der Waals surface area contributed by atoms with Gasteiger partial charge in [0.05, 0.1) is 0 Å². The minimum Gasteiger partial charge on any atom is -0.156 e. The number of rotatable bonds is 3. The van der Waals surface area contributed by atoms with Crippen molar-refractivity contribution >= 4 is 50.9 Å². The van der Waals surface area contributed by atoms with E-state index in [4.69, 9.17) is 0 Å². The first-order valence-electron chi connectivity index (χ1n) is 8.55. The van der Waals surface area contributed by atoms with Gasteiger partial charge >= 0.3 is 0 Å². The molecule has 1 aliphatic rings. The summed E-state index contributed by atoms with van der Waals surface area (Å²) in [4.78, 5) is 0. The van der Waals surface area contributed by atoms with Gasteiger partial charge in [-0.05, 0) is 22.8 Å². The normalized spacial score (nSPS) is 15.1. The molecule has 1 saturated heterocycles. The molecule has 0 unspecified atom stereocenters. The van der Waals surface area contributed by atoms with Crippen molar-refractivity contribution in [3.8, 4) is 0 Å². The Kier molecular flexibility index (Phi) is 5.41. The molecule has 0 amide bonds. The molecular weight excluding hydrogens is 359 g/mol. The Morgan fingerprint density at radius 3 is 1.36 bits per heavy atom. The monoisotopic (exact) mass is 380 g/mol. The lowest BCUT2D eigenvalue weighted by Crippen LogP contribution is -2.31. The van der Waals surface area contributed by atoms with Crippen LogP contribution in [0.25, 0.3) is 0 Å². The summed E-state index contributed by atoms with van der Waals surface area (Å²) < 4.78 is 1.66. The largest absolute Gasteiger partial charge is 0.156 e. The first kappa shape index (κ1) is 17.1. The van der Waals surface area contributed by atoms with Crippen LogP contribution in [0, 0.1) is 0 Å². The highest BCUT2D eigenvalue weighted by Gasteiger charge is 2.30. The van der Waals surface area contributed by atoms with Crippen molar-refractivity contribution in [1.29, 1.82) is 0 Å². The van der Waals surface area contributed by atoms with Crippen LogP contribution >= 0.6 is 30.4 Å². The van der Waals surface area contributed by atoms with E-state index in [0.29, 0.717) is 0 Å². The van der Waals surface area contributed by atoms with E-state index >= 15 is 0 Å². The lowest BCUT2D eigenvalue weighted by molar-refractivity contribution is 1.55. The van der Waals surface area contributed by atoms with Crippen LogP contribution in [0.5, 0.6) is 0 Å². The molecule has 0 atom stereocenters. The first-order chi connectivity index (χ1) is 12.4. The van der Waals surface area contributed by atoms with Gasteiger partial charge in [-0.1, -0.05) is 91.0 Å². The van der Waals surface area contributed by atoms with Gasteiger partial charge in [-0.3, -0.25) is 0 Å². The third kappa shape index (κ3) is 3.24. The van der Waals surface area contributed by atoms with Gasteiger partial charge in [-0.15, -0.1) is 11.8 Å². The van der Waals surface area contributed by atoms with Crippen molar-refractivity contribution in [3.63, 3.8) is 0 Å². The quantitative estimate of drug-likeness (QED) is 0.610. The van der Waals surface area contributed by atoms with Crippen LogP contribution in [0.15, 0.2) is 91.0 Å². The topological polar surface area (TPSA) is 0 Å². The zero-order valence-electron chi connectivity index (χ0n) is 14.0. The van der Waals surface area contributed by atoms with Crippen molar-refractivity contribution in [2.75, 3.05) is 17.3 Å². The van der Waals surface area contributed by atoms with Crippen LogP contribution in [0.2, 0.25) is 0 Å². The second-order valence-electron chi connectivity index (χ2n) is 5.97. The van der Waals surface area contributed by atoms with E-state index in [1.54, 1.807) is 4.63 Å². The molecule has 1 heterocycles. The van der Waals surface area contributed by atoms with Crippen LogP contribution in [-0.4, -0.2) is 21.9 Å². The zero-order valence-corrected chi connectivity index (χ0v) is 16.6. The van der Waals surface area contributed by atoms with Gasteiger partial charge in [0.15, 0.2) is 0 Å². The number of hydrogen-bond donors (Lipinski definition) is 0. The predicted octanol–water partition coefficient (Wildman–Crippen LogP) is 4.59. The Hall–Kier alpha value is -1.34. The fraction of sp³-hybridized carbons (Fsp3) is 0.136. The van der Waals surface area contributed by atoms with E-state index in [2.05, 4.69) is 115 Å². The third-order valence-corrected chi connectivity index (χ3v) is 12.4. The van der Waals surface area contributed by atoms with E-state index in [1.807, 2.05) is 0 Å². The zero-order chi connectivity index (χ0) is 17.0. The fourth-order valence-corrected chi connectivity index (χ4v) is 12.1. The molecule has 25 heavy (non-hydrogen) atoms. The second kappa shape index (κ2) is 7.91. The molecule has 0 spiro atoms. The average molecular weight is 381 g/mol. The Bertz CT molecular complexity index is 762. The Labute approximate surface area is 159 Å². The highest BCUT2D eigenvalue weighted by molar-refractivity contribution is 8.27. The molecule has 1 aliphatic heterocycles. The van der Waals surface area contributed by atoms with Crippen LogP contribution < -0.4 is 15.9 Å². The Morgan fingerprint density at radius 2 is 1.00 bits per heavy atom. The van der Waals surface area contributed by atoms with E-state index in [-0.39, 0.29) is 0 Å². The number of benzene rings is 3. The summed E-state index contributed by atoms with van der Waals surface area (Å²) in [5, 5.41) is 4.41. The molecule has 0 bridgehead atoms. The third-order valence-electron chi connectivity index (χ3n) is 4.53. The molecule has 3 aromatic carbocycles. The summed E-state index contributed by atoms with van der Waals surface area (Å²) >= 11 is 4.18. The van der Waals surface area contributed by atoms with Crippen LogP contribution in [0.3, 0.4) is 0 Å². The van der Waals surface area contributed by atoms with Gasteiger partial charge in [0, 0.05) is 21.9 Å². The molecule has 0 radical (unpaired) electrons. The number of hydrogen-bond acceptors (Lipinski definition) is 2. The molecule has 4 rings (SSSR count). The summed E-state index contributed by atoms with van der Waals surface area (Å²) in [6, 6.07) is 33.5. The Balaban J connectivity index is 2.13. The van der Waals surface area contributed by atoms with Crippen LogP contribution in [0.4, 0.5) is 0 Å². The van der Waals surface area contributed by atoms with Gasteiger partial charge in [-0.2, -0.15) is 11.8 Å². The molecule has 0 aliphatic carbocycles. The summed E-state index contributed by atoms with van der Waals surface area (Å²) in [5.74, 6) is 3.62. The highest BCUT2D eigenvalue weighted by Crippen LogP contribution is 2.50. The van der Waals surface area contributed by atoms with Crippen molar-refractivity contribution in [3.05, 3.63) is 91.0 Å².